The molecular formula is C21H27ClN4O3S. The van der Waals surface area contributed by atoms with Crippen molar-refractivity contribution in [2.45, 2.75) is 27.2 Å². The maximum absolute atomic E-state index is 12.7. The van der Waals surface area contributed by atoms with Crippen LogP contribution in [-0.2, 0) is 16.0 Å². The Bertz CT molecular complexity index is 894. The van der Waals surface area contributed by atoms with Crippen LogP contribution >= 0.6 is 22.9 Å². The van der Waals surface area contributed by atoms with E-state index in [0.29, 0.717) is 30.5 Å². The van der Waals surface area contributed by atoms with Crippen LogP contribution in [0.15, 0.2) is 23.6 Å². The molecule has 2 heterocycles. The molecule has 1 aliphatic rings. The highest BCUT2D eigenvalue weighted by Gasteiger charge is 2.23. The van der Waals surface area contributed by atoms with Gasteiger partial charge < -0.3 is 14.5 Å². The first-order valence-electron chi connectivity index (χ1n) is 9.99. The van der Waals surface area contributed by atoms with Crippen molar-refractivity contribution in [2.75, 3.05) is 43.0 Å². The minimum atomic E-state index is -0.525. The van der Waals surface area contributed by atoms with Crippen molar-refractivity contribution in [2.24, 2.45) is 5.92 Å². The molecule has 162 valence electrons. The standard InChI is InChI=1S/C21H27ClN4O3S/c1-14(2)12-29-21(28)24-20-23-17(13-30-20)11-19(27)26-8-6-25(7-9-26)18-10-16(22)5-4-15(18)3/h4-5,10,13-14H,6-9,11-12H2,1-3H3,(H,23,24,28). The number of anilines is 2. The van der Waals surface area contributed by atoms with Gasteiger partial charge in [-0.1, -0.05) is 31.5 Å². The Morgan fingerprint density at radius 1 is 1.27 bits per heavy atom. The summed E-state index contributed by atoms with van der Waals surface area (Å²) in [5, 5.41) is 5.56. The van der Waals surface area contributed by atoms with Crippen LogP contribution in [0.2, 0.25) is 5.02 Å². The Kier molecular flexibility index (Phi) is 7.55. The van der Waals surface area contributed by atoms with Gasteiger partial charge in [-0.25, -0.2) is 9.78 Å². The van der Waals surface area contributed by atoms with Gasteiger partial charge in [-0.2, -0.15) is 0 Å². The largest absolute Gasteiger partial charge is 0.449 e. The fourth-order valence-corrected chi connectivity index (χ4v) is 4.06. The number of ether oxygens (including phenoxy) is 1. The highest BCUT2D eigenvalue weighted by atomic mass is 35.5. The van der Waals surface area contributed by atoms with Gasteiger partial charge in [0.15, 0.2) is 5.13 Å². The van der Waals surface area contributed by atoms with Gasteiger partial charge in [-0.05, 0) is 30.5 Å². The maximum Gasteiger partial charge on any atom is 0.413 e. The Morgan fingerprint density at radius 2 is 2.00 bits per heavy atom. The lowest BCUT2D eigenvalue weighted by Gasteiger charge is -2.36. The van der Waals surface area contributed by atoms with E-state index in [2.05, 4.69) is 22.1 Å². The molecule has 1 saturated heterocycles. The van der Waals surface area contributed by atoms with Gasteiger partial charge in [0.2, 0.25) is 5.91 Å². The summed E-state index contributed by atoms with van der Waals surface area (Å²) in [5.74, 6) is 0.306. The average Bonchev–Trinajstić information content (AvgIpc) is 3.15. The topological polar surface area (TPSA) is 74.8 Å². The molecule has 0 radical (unpaired) electrons. The van der Waals surface area contributed by atoms with Crippen LogP contribution in [0.25, 0.3) is 0 Å². The van der Waals surface area contributed by atoms with E-state index in [4.69, 9.17) is 16.3 Å². The smallest absolute Gasteiger partial charge is 0.413 e. The lowest BCUT2D eigenvalue weighted by molar-refractivity contribution is -0.130. The number of carbonyl (C=O) groups excluding carboxylic acids is 2. The van der Waals surface area contributed by atoms with E-state index in [1.54, 1.807) is 5.38 Å². The van der Waals surface area contributed by atoms with Gasteiger partial charge in [0, 0.05) is 42.3 Å². The summed E-state index contributed by atoms with van der Waals surface area (Å²) in [5.41, 5.74) is 2.94. The van der Waals surface area contributed by atoms with Crippen LogP contribution in [0.4, 0.5) is 15.6 Å². The van der Waals surface area contributed by atoms with Gasteiger partial charge in [0.1, 0.15) is 0 Å². The quantitative estimate of drug-likeness (QED) is 0.713. The second kappa shape index (κ2) is 10.1. The number of aromatic nitrogens is 1. The monoisotopic (exact) mass is 450 g/mol. The van der Waals surface area contributed by atoms with Crippen molar-refractivity contribution in [1.29, 1.82) is 0 Å². The molecule has 0 aliphatic carbocycles. The molecule has 0 bridgehead atoms. The summed E-state index contributed by atoms with van der Waals surface area (Å²) < 4.78 is 5.08. The summed E-state index contributed by atoms with van der Waals surface area (Å²) in [6.07, 6.45) is -0.307. The van der Waals surface area contributed by atoms with Crippen molar-refractivity contribution >= 4 is 45.8 Å². The molecule has 0 unspecified atom stereocenters. The predicted octanol–water partition coefficient (Wildman–Crippen LogP) is 4.20. The molecule has 1 fully saturated rings. The molecular weight excluding hydrogens is 424 g/mol. The third kappa shape index (κ3) is 6.09. The number of nitrogens with one attached hydrogen (secondary N) is 1. The molecule has 3 rings (SSSR count). The average molecular weight is 451 g/mol. The van der Waals surface area contributed by atoms with Gasteiger partial charge in [-0.15, -0.1) is 11.3 Å². The minimum absolute atomic E-state index is 0.0386. The van der Waals surface area contributed by atoms with E-state index in [1.807, 2.05) is 36.9 Å². The minimum Gasteiger partial charge on any atom is -0.449 e. The molecule has 1 aromatic heterocycles. The molecule has 1 aliphatic heterocycles. The summed E-state index contributed by atoms with van der Waals surface area (Å²) in [6.45, 7) is 9.19. The summed E-state index contributed by atoms with van der Waals surface area (Å²) in [6, 6.07) is 5.88. The first-order valence-corrected chi connectivity index (χ1v) is 11.2. The van der Waals surface area contributed by atoms with Crippen LogP contribution in [-0.4, -0.2) is 54.7 Å². The summed E-state index contributed by atoms with van der Waals surface area (Å²) in [7, 11) is 0. The number of rotatable bonds is 6. The van der Waals surface area contributed by atoms with Gasteiger partial charge in [0.05, 0.1) is 18.7 Å². The number of nitrogens with zero attached hydrogens (tertiary/aromatic N) is 3. The zero-order valence-electron chi connectivity index (χ0n) is 17.5. The molecule has 9 heteroatoms. The number of hydrogen-bond acceptors (Lipinski definition) is 6. The molecule has 7 nitrogen and oxygen atoms in total. The molecule has 1 aromatic carbocycles. The number of halogens is 1. The highest BCUT2D eigenvalue weighted by Crippen LogP contribution is 2.25. The van der Waals surface area contributed by atoms with Crippen LogP contribution < -0.4 is 10.2 Å². The number of hydrogen-bond donors (Lipinski definition) is 1. The zero-order chi connectivity index (χ0) is 21.7. The van der Waals surface area contributed by atoms with Crippen LogP contribution in [0, 0.1) is 12.8 Å². The SMILES string of the molecule is Cc1ccc(Cl)cc1N1CCN(C(=O)Cc2csc(NC(=O)OCC(C)C)n2)CC1. The number of benzene rings is 1. The van der Waals surface area contributed by atoms with Gasteiger partial charge in [0.25, 0.3) is 0 Å². The van der Waals surface area contributed by atoms with Crippen molar-refractivity contribution < 1.29 is 14.3 Å². The van der Waals surface area contributed by atoms with E-state index < -0.39 is 6.09 Å². The molecule has 2 aromatic rings. The number of amides is 2. The Morgan fingerprint density at radius 3 is 2.70 bits per heavy atom. The molecule has 0 atom stereocenters. The van der Waals surface area contributed by atoms with E-state index in [-0.39, 0.29) is 18.2 Å². The van der Waals surface area contributed by atoms with Crippen molar-refractivity contribution in [3.05, 3.63) is 39.9 Å². The molecule has 2 amide bonds. The van der Waals surface area contributed by atoms with Crippen molar-refractivity contribution in [1.82, 2.24) is 9.88 Å². The van der Waals surface area contributed by atoms with Crippen LogP contribution in [0.3, 0.4) is 0 Å². The van der Waals surface area contributed by atoms with Gasteiger partial charge >= 0.3 is 6.09 Å². The van der Waals surface area contributed by atoms with E-state index in [1.165, 1.54) is 16.9 Å². The fourth-order valence-electron chi connectivity index (χ4n) is 3.20. The normalized spacial score (nSPS) is 14.2. The van der Waals surface area contributed by atoms with Gasteiger partial charge in [-0.3, -0.25) is 10.1 Å². The number of carbonyl (C=O) groups is 2. The zero-order valence-corrected chi connectivity index (χ0v) is 19.1. The lowest BCUT2D eigenvalue weighted by Crippen LogP contribution is -2.49. The second-order valence-corrected chi connectivity index (χ2v) is 9.03. The number of piperazine rings is 1. The first-order chi connectivity index (χ1) is 14.3. The molecule has 0 spiro atoms. The second-order valence-electron chi connectivity index (χ2n) is 7.74. The van der Waals surface area contributed by atoms with E-state index in [0.717, 1.165) is 23.8 Å². The van der Waals surface area contributed by atoms with Crippen molar-refractivity contribution in [3.63, 3.8) is 0 Å². The highest BCUT2D eigenvalue weighted by molar-refractivity contribution is 7.13. The Labute approximate surface area is 186 Å². The predicted molar refractivity (Wildman–Crippen MR) is 121 cm³/mol. The summed E-state index contributed by atoms with van der Waals surface area (Å²) >= 11 is 7.43. The molecule has 30 heavy (non-hydrogen) atoms. The van der Waals surface area contributed by atoms with E-state index >= 15 is 0 Å². The van der Waals surface area contributed by atoms with Crippen LogP contribution in [0.5, 0.6) is 0 Å². The Hall–Kier alpha value is -2.32. The van der Waals surface area contributed by atoms with Crippen LogP contribution in [0.1, 0.15) is 25.1 Å². The van der Waals surface area contributed by atoms with Crippen molar-refractivity contribution in [3.8, 4) is 0 Å². The third-order valence-corrected chi connectivity index (χ3v) is 5.83. The summed E-state index contributed by atoms with van der Waals surface area (Å²) in [4.78, 5) is 32.9. The maximum atomic E-state index is 12.7. The third-order valence-electron chi connectivity index (χ3n) is 4.79. The lowest BCUT2D eigenvalue weighted by atomic mass is 10.1. The first kappa shape index (κ1) is 22.4. The number of thiazole rings is 1. The molecule has 1 N–H and O–H groups in total. The molecule has 0 saturated carbocycles. The number of aryl methyl sites for hydroxylation is 1. The fraction of sp³-hybridized carbons (Fsp3) is 0.476. The Balaban J connectivity index is 1.49. The van der Waals surface area contributed by atoms with E-state index in [9.17, 15) is 9.59 Å².